The average molecular weight is 358 g/mol. The van der Waals surface area contributed by atoms with Crippen molar-refractivity contribution in [3.8, 4) is 0 Å². The molecule has 0 unspecified atom stereocenters. The number of aliphatic hydroxyl groups excluding tert-OH is 1. The van der Waals surface area contributed by atoms with Crippen LogP contribution < -0.4 is 4.90 Å². The van der Waals surface area contributed by atoms with E-state index in [0.29, 0.717) is 18.8 Å². The summed E-state index contributed by atoms with van der Waals surface area (Å²) < 4.78 is 44.4. The molecule has 138 valence electrons. The third kappa shape index (κ3) is 3.59. The van der Waals surface area contributed by atoms with Crippen molar-refractivity contribution in [3.05, 3.63) is 29.3 Å². The number of carbonyl (C=O) groups is 1. The summed E-state index contributed by atoms with van der Waals surface area (Å²) in [6.07, 6.45) is -3.95. The van der Waals surface area contributed by atoms with E-state index in [-0.39, 0.29) is 24.6 Å². The SMILES string of the molecule is CO[C@@H]1CN(C(=O)c2ccc(C(F)(F)F)cc2N2CCCC2)C[C@H]1O. The predicted octanol–water partition coefficient (Wildman–Crippen LogP) is 2.14. The predicted molar refractivity (Wildman–Crippen MR) is 85.6 cm³/mol. The maximum absolute atomic E-state index is 13.1. The number of rotatable bonds is 3. The first-order valence-electron chi connectivity index (χ1n) is 8.27. The van der Waals surface area contributed by atoms with Gasteiger partial charge in [0.15, 0.2) is 0 Å². The first-order chi connectivity index (χ1) is 11.8. The van der Waals surface area contributed by atoms with Crippen molar-refractivity contribution < 1.29 is 27.8 Å². The van der Waals surface area contributed by atoms with Crippen LogP contribution in [0.25, 0.3) is 0 Å². The molecule has 8 heteroatoms. The number of likely N-dealkylation sites (tertiary alicyclic amines) is 1. The van der Waals surface area contributed by atoms with Gasteiger partial charge in [0.1, 0.15) is 6.10 Å². The van der Waals surface area contributed by atoms with Gasteiger partial charge >= 0.3 is 6.18 Å². The fraction of sp³-hybridized carbons (Fsp3) is 0.588. The molecule has 0 radical (unpaired) electrons. The van der Waals surface area contributed by atoms with E-state index < -0.39 is 23.9 Å². The Bertz CT molecular complexity index is 645. The largest absolute Gasteiger partial charge is 0.416 e. The van der Waals surface area contributed by atoms with Crippen molar-refractivity contribution >= 4 is 11.6 Å². The van der Waals surface area contributed by atoms with Crippen LogP contribution in [-0.2, 0) is 10.9 Å². The summed E-state index contributed by atoms with van der Waals surface area (Å²) in [7, 11) is 1.45. The summed E-state index contributed by atoms with van der Waals surface area (Å²) in [5.74, 6) is -0.380. The zero-order valence-corrected chi connectivity index (χ0v) is 13.9. The van der Waals surface area contributed by atoms with E-state index in [1.807, 2.05) is 4.90 Å². The molecule has 1 aromatic carbocycles. The highest BCUT2D eigenvalue weighted by Crippen LogP contribution is 2.35. The highest BCUT2D eigenvalue weighted by Gasteiger charge is 2.37. The molecule has 25 heavy (non-hydrogen) atoms. The number of anilines is 1. The molecule has 5 nitrogen and oxygen atoms in total. The monoisotopic (exact) mass is 358 g/mol. The summed E-state index contributed by atoms with van der Waals surface area (Å²) in [6.45, 7) is 1.59. The molecule has 2 saturated heterocycles. The molecule has 1 N–H and O–H groups in total. The first kappa shape index (κ1) is 18.0. The highest BCUT2D eigenvalue weighted by molar-refractivity contribution is 6.00. The third-order valence-electron chi connectivity index (χ3n) is 4.83. The molecular weight excluding hydrogens is 337 g/mol. The van der Waals surface area contributed by atoms with Gasteiger partial charge in [-0.15, -0.1) is 0 Å². The van der Waals surface area contributed by atoms with Gasteiger partial charge in [-0.2, -0.15) is 13.2 Å². The molecule has 0 saturated carbocycles. The van der Waals surface area contributed by atoms with Gasteiger partial charge in [0, 0.05) is 33.3 Å². The van der Waals surface area contributed by atoms with Gasteiger partial charge in [-0.1, -0.05) is 0 Å². The van der Waals surface area contributed by atoms with E-state index >= 15 is 0 Å². The number of ether oxygens (including phenoxy) is 1. The Morgan fingerprint density at radius 2 is 1.92 bits per heavy atom. The highest BCUT2D eigenvalue weighted by atomic mass is 19.4. The Labute approximate surface area is 144 Å². The molecule has 0 aliphatic carbocycles. The summed E-state index contributed by atoms with van der Waals surface area (Å²) >= 11 is 0. The van der Waals surface area contributed by atoms with Crippen LogP contribution in [-0.4, -0.2) is 61.4 Å². The smallest absolute Gasteiger partial charge is 0.388 e. The van der Waals surface area contributed by atoms with Crippen LogP contribution in [0.2, 0.25) is 0 Å². The quantitative estimate of drug-likeness (QED) is 0.900. The van der Waals surface area contributed by atoms with Crippen LogP contribution in [0.1, 0.15) is 28.8 Å². The van der Waals surface area contributed by atoms with Crippen LogP contribution in [0.4, 0.5) is 18.9 Å². The number of carbonyl (C=O) groups excluding carboxylic acids is 1. The molecule has 2 aliphatic heterocycles. The molecular formula is C17H21F3N2O3. The van der Waals surface area contributed by atoms with E-state index in [0.717, 1.165) is 25.0 Å². The van der Waals surface area contributed by atoms with Gasteiger partial charge in [0.05, 0.1) is 22.9 Å². The fourth-order valence-electron chi connectivity index (χ4n) is 3.43. The van der Waals surface area contributed by atoms with Gasteiger partial charge in [0.2, 0.25) is 0 Å². The van der Waals surface area contributed by atoms with E-state index in [2.05, 4.69) is 0 Å². The van der Waals surface area contributed by atoms with Gasteiger partial charge in [-0.25, -0.2) is 0 Å². The Morgan fingerprint density at radius 1 is 1.24 bits per heavy atom. The van der Waals surface area contributed by atoms with Crippen molar-refractivity contribution in [3.63, 3.8) is 0 Å². The molecule has 0 aromatic heterocycles. The zero-order chi connectivity index (χ0) is 18.2. The molecule has 2 fully saturated rings. The summed E-state index contributed by atoms with van der Waals surface area (Å²) in [4.78, 5) is 16.1. The topological polar surface area (TPSA) is 53.0 Å². The number of hydrogen-bond acceptors (Lipinski definition) is 4. The maximum Gasteiger partial charge on any atom is 0.416 e. The van der Waals surface area contributed by atoms with Crippen molar-refractivity contribution in [1.82, 2.24) is 4.90 Å². The molecule has 0 spiro atoms. The third-order valence-corrected chi connectivity index (χ3v) is 4.83. The summed E-state index contributed by atoms with van der Waals surface area (Å²) in [5, 5.41) is 9.91. The minimum absolute atomic E-state index is 0.109. The van der Waals surface area contributed by atoms with Crippen LogP contribution in [0, 0.1) is 0 Å². The number of methoxy groups -OCH3 is 1. The van der Waals surface area contributed by atoms with E-state index in [1.54, 1.807) is 0 Å². The van der Waals surface area contributed by atoms with Gasteiger partial charge in [0.25, 0.3) is 5.91 Å². The van der Waals surface area contributed by atoms with E-state index in [9.17, 15) is 23.1 Å². The molecule has 2 heterocycles. The standard InChI is InChI=1S/C17H21F3N2O3/c1-25-15-10-22(9-14(15)23)16(24)12-5-4-11(17(18,19)20)8-13(12)21-6-2-3-7-21/h4-5,8,14-15,23H,2-3,6-7,9-10H2,1H3/t14-,15-/m1/s1. The lowest BCUT2D eigenvalue weighted by Gasteiger charge is -2.25. The Kier molecular flexibility index (Phi) is 4.92. The van der Waals surface area contributed by atoms with Crippen LogP contribution in [0.15, 0.2) is 18.2 Å². The molecule has 2 aliphatic rings. The summed E-state index contributed by atoms with van der Waals surface area (Å²) in [5.41, 5.74) is -0.214. The summed E-state index contributed by atoms with van der Waals surface area (Å²) in [6, 6.07) is 3.23. The van der Waals surface area contributed by atoms with Gasteiger partial charge in [-0.05, 0) is 31.0 Å². The first-order valence-corrected chi connectivity index (χ1v) is 8.27. The number of alkyl halides is 3. The fourth-order valence-corrected chi connectivity index (χ4v) is 3.43. The van der Waals surface area contributed by atoms with Crippen LogP contribution in [0.5, 0.6) is 0 Å². The second kappa shape index (κ2) is 6.84. The van der Waals surface area contributed by atoms with E-state index in [1.165, 1.54) is 18.1 Å². The second-order valence-electron chi connectivity index (χ2n) is 6.48. The Morgan fingerprint density at radius 3 is 2.48 bits per heavy atom. The lowest BCUT2D eigenvalue weighted by atomic mass is 10.1. The number of hydrogen-bond donors (Lipinski definition) is 1. The van der Waals surface area contributed by atoms with Gasteiger partial charge < -0.3 is 19.6 Å². The molecule has 0 bridgehead atoms. The number of aliphatic hydroxyl groups is 1. The Balaban J connectivity index is 1.93. The number of nitrogens with zero attached hydrogens (tertiary/aromatic N) is 2. The van der Waals surface area contributed by atoms with Crippen molar-refractivity contribution in [1.29, 1.82) is 0 Å². The molecule has 1 aromatic rings. The molecule has 2 atom stereocenters. The number of halogens is 3. The number of benzene rings is 1. The van der Waals surface area contributed by atoms with Crippen LogP contribution >= 0.6 is 0 Å². The number of β-amino-alcohol motifs (C(OH)–C–C–N with tert-alkyl or cyclic N) is 1. The van der Waals surface area contributed by atoms with Crippen LogP contribution in [0.3, 0.4) is 0 Å². The van der Waals surface area contributed by atoms with E-state index in [4.69, 9.17) is 4.74 Å². The van der Waals surface area contributed by atoms with Crippen molar-refractivity contribution in [2.75, 3.05) is 38.2 Å². The minimum Gasteiger partial charge on any atom is -0.388 e. The lowest BCUT2D eigenvalue weighted by molar-refractivity contribution is -0.137. The van der Waals surface area contributed by atoms with Gasteiger partial charge in [-0.3, -0.25) is 4.79 Å². The zero-order valence-electron chi connectivity index (χ0n) is 13.9. The average Bonchev–Trinajstić information content (AvgIpc) is 3.22. The second-order valence-corrected chi connectivity index (χ2v) is 6.48. The molecule has 3 rings (SSSR count). The van der Waals surface area contributed by atoms with Crippen molar-refractivity contribution in [2.24, 2.45) is 0 Å². The Hall–Kier alpha value is -1.80. The minimum atomic E-state index is -4.46. The number of amides is 1. The normalized spacial score (nSPS) is 24.2. The van der Waals surface area contributed by atoms with Crippen molar-refractivity contribution in [2.45, 2.75) is 31.2 Å². The molecule has 1 amide bonds. The lowest BCUT2D eigenvalue weighted by Crippen LogP contribution is -2.32. The maximum atomic E-state index is 13.1.